The predicted octanol–water partition coefficient (Wildman–Crippen LogP) is 2.49. The monoisotopic (exact) mass is 345 g/mol. The highest BCUT2D eigenvalue weighted by Gasteiger charge is 2.34. The Kier molecular flexibility index (Phi) is 5.17. The molecule has 0 spiro atoms. The van der Waals surface area contributed by atoms with E-state index in [9.17, 15) is 13.2 Å². The molecule has 0 aliphatic carbocycles. The van der Waals surface area contributed by atoms with E-state index in [0.29, 0.717) is 36.6 Å². The number of piperidine rings is 1. The van der Waals surface area contributed by atoms with E-state index >= 15 is 0 Å². The number of thiophene rings is 1. The van der Waals surface area contributed by atoms with Crippen molar-refractivity contribution in [2.24, 2.45) is 0 Å². The number of sulfone groups is 1. The molecular weight excluding hydrogens is 322 g/mol. The number of methoxy groups -OCH3 is 1. The minimum Gasteiger partial charge on any atom is -0.495 e. The third-order valence-electron chi connectivity index (χ3n) is 4.09. The van der Waals surface area contributed by atoms with Crippen molar-refractivity contribution >= 4 is 27.1 Å². The van der Waals surface area contributed by atoms with Gasteiger partial charge in [0.2, 0.25) is 0 Å². The molecule has 0 aromatic carbocycles. The molecule has 0 bridgehead atoms. The summed E-state index contributed by atoms with van der Waals surface area (Å²) in [6.07, 6.45) is 1.03. The van der Waals surface area contributed by atoms with E-state index in [0.717, 1.165) is 4.88 Å². The number of hydrogen-bond acceptors (Lipinski definition) is 5. The molecule has 2 heterocycles. The van der Waals surface area contributed by atoms with E-state index in [1.807, 2.05) is 13.0 Å². The van der Waals surface area contributed by atoms with Crippen LogP contribution in [0, 0.1) is 6.92 Å². The van der Waals surface area contributed by atoms with Crippen LogP contribution in [-0.2, 0) is 9.84 Å². The Balaban J connectivity index is 2.07. The Labute approximate surface area is 136 Å². The van der Waals surface area contributed by atoms with Gasteiger partial charge in [-0.05, 0) is 39.7 Å². The highest BCUT2D eigenvalue weighted by molar-refractivity contribution is 7.92. The van der Waals surface area contributed by atoms with Crippen LogP contribution in [0.5, 0.6) is 5.75 Å². The van der Waals surface area contributed by atoms with Crippen LogP contribution in [0.3, 0.4) is 0 Å². The Morgan fingerprint density at radius 2 is 1.95 bits per heavy atom. The van der Waals surface area contributed by atoms with Gasteiger partial charge in [0.15, 0.2) is 9.84 Å². The largest absolute Gasteiger partial charge is 0.495 e. The number of nitrogens with zero attached hydrogens (tertiary/aromatic N) is 1. The topological polar surface area (TPSA) is 63.7 Å². The number of aryl methyl sites for hydroxylation is 1. The second-order valence-corrected chi connectivity index (χ2v) is 9.93. The van der Waals surface area contributed by atoms with Crippen molar-refractivity contribution in [1.29, 1.82) is 0 Å². The lowest BCUT2D eigenvalue weighted by Crippen LogP contribution is -2.43. The van der Waals surface area contributed by atoms with Gasteiger partial charge in [-0.3, -0.25) is 4.79 Å². The van der Waals surface area contributed by atoms with Crippen LogP contribution in [0.2, 0.25) is 0 Å². The van der Waals surface area contributed by atoms with Crippen LogP contribution < -0.4 is 4.74 Å². The van der Waals surface area contributed by atoms with E-state index in [-0.39, 0.29) is 16.4 Å². The molecule has 1 aromatic heterocycles. The summed E-state index contributed by atoms with van der Waals surface area (Å²) in [6.45, 7) is 6.33. The number of carbonyl (C=O) groups is 1. The van der Waals surface area contributed by atoms with Gasteiger partial charge in [0.25, 0.3) is 5.91 Å². The molecule has 7 heteroatoms. The number of carbonyl (C=O) groups excluding carboxylic acids is 1. The lowest BCUT2D eigenvalue weighted by molar-refractivity contribution is 0.0727. The Hall–Kier alpha value is -1.08. The minimum absolute atomic E-state index is 0.0599. The molecular formula is C15H23NO4S2. The van der Waals surface area contributed by atoms with E-state index < -0.39 is 9.84 Å². The maximum atomic E-state index is 12.6. The molecule has 0 N–H and O–H groups in total. The van der Waals surface area contributed by atoms with Crippen molar-refractivity contribution < 1.29 is 17.9 Å². The number of hydrogen-bond donors (Lipinski definition) is 0. The summed E-state index contributed by atoms with van der Waals surface area (Å²) >= 11 is 1.42. The van der Waals surface area contributed by atoms with Gasteiger partial charge >= 0.3 is 0 Å². The van der Waals surface area contributed by atoms with Crippen LogP contribution in [0.25, 0.3) is 0 Å². The fourth-order valence-electron chi connectivity index (χ4n) is 2.71. The SMILES string of the molecule is COc1cc(C)sc1C(=O)N1CCC(S(=O)(=O)C(C)C)CC1. The number of ether oxygens (including phenoxy) is 1. The molecule has 0 atom stereocenters. The quantitative estimate of drug-likeness (QED) is 0.841. The molecule has 5 nitrogen and oxygen atoms in total. The first-order valence-electron chi connectivity index (χ1n) is 7.43. The smallest absolute Gasteiger partial charge is 0.267 e. The summed E-state index contributed by atoms with van der Waals surface area (Å²) < 4.78 is 29.7. The lowest BCUT2D eigenvalue weighted by atomic mass is 10.1. The van der Waals surface area contributed by atoms with Crippen molar-refractivity contribution in [2.45, 2.75) is 44.1 Å². The minimum atomic E-state index is -3.08. The molecule has 0 radical (unpaired) electrons. The summed E-state index contributed by atoms with van der Waals surface area (Å²) in [7, 11) is -1.53. The normalized spacial score (nSPS) is 17.0. The summed E-state index contributed by atoms with van der Waals surface area (Å²) in [5.74, 6) is 0.541. The summed E-state index contributed by atoms with van der Waals surface area (Å²) in [4.78, 5) is 16.0. The Morgan fingerprint density at radius 3 is 2.45 bits per heavy atom. The molecule has 1 aliphatic rings. The molecule has 1 amide bonds. The molecule has 2 rings (SSSR count). The molecule has 124 valence electrons. The lowest BCUT2D eigenvalue weighted by Gasteiger charge is -2.32. The highest BCUT2D eigenvalue weighted by Crippen LogP contribution is 2.31. The van der Waals surface area contributed by atoms with Crippen molar-refractivity contribution in [3.05, 3.63) is 15.8 Å². The molecule has 0 saturated carbocycles. The van der Waals surface area contributed by atoms with Crippen molar-refractivity contribution in [1.82, 2.24) is 4.90 Å². The van der Waals surface area contributed by atoms with Gasteiger partial charge in [0.1, 0.15) is 10.6 Å². The predicted molar refractivity (Wildman–Crippen MR) is 88.6 cm³/mol. The zero-order valence-corrected chi connectivity index (χ0v) is 15.1. The summed E-state index contributed by atoms with van der Waals surface area (Å²) in [6, 6.07) is 1.86. The molecule has 1 aromatic rings. The molecule has 1 saturated heterocycles. The van der Waals surface area contributed by atoms with E-state index in [2.05, 4.69) is 0 Å². The van der Waals surface area contributed by atoms with Crippen LogP contribution in [0.15, 0.2) is 6.07 Å². The molecule has 22 heavy (non-hydrogen) atoms. The van der Waals surface area contributed by atoms with Gasteiger partial charge in [-0.1, -0.05) is 0 Å². The average Bonchev–Trinajstić information content (AvgIpc) is 2.87. The first-order valence-corrected chi connectivity index (χ1v) is 9.86. The first-order chi connectivity index (χ1) is 10.3. The number of rotatable bonds is 4. The number of likely N-dealkylation sites (tertiary alicyclic amines) is 1. The van der Waals surface area contributed by atoms with Gasteiger partial charge in [-0.15, -0.1) is 11.3 Å². The standard InChI is InChI=1S/C15H23NO4S2/c1-10(2)22(18,19)12-5-7-16(8-6-12)15(17)14-13(20-4)9-11(3)21-14/h9-10,12H,5-8H2,1-4H3. The summed E-state index contributed by atoms with van der Waals surface area (Å²) in [5.41, 5.74) is 0. The van der Waals surface area contributed by atoms with Crippen molar-refractivity contribution in [3.8, 4) is 5.75 Å². The maximum absolute atomic E-state index is 12.6. The van der Waals surface area contributed by atoms with Gasteiger partial charge in [0.05, 0.1) is 17.6 Å². The van der Waals surface area contributed by atoms with E-state index in [1.165, 1.54) is 11.3 Å². The van der Waals surface area contributed by atoms with Crippen LogP contribution in [0.4, 0.5) is 0 Å². The molecule has 1 aliphatic heterocycles. The van der Waals surface area contributed by atoms with Gasteiger partial charge in [-0.25, -0.2) is 8.42 Å². The van der Waals surface area contributed by atoms with Crippen LogP contribution >= 0.6 is 11.3 Å². The first kappa shape index (κ1) is 17.3. The summed E-state index contributed by atoms with van der Waals surface area (Å²) in [5, 5.41) is -0.691. The second-order valence-electron chi connectivity index (χ2n) is 5.88. The zero-order valence-electron chi connectivity index (χ0n) is 13.5. The zero-order chi connectivity index (χ0) is 16.5. The van der Waals surface area contributed by atoms with E-state index in [4.69, 9.17) is 4.74 Å². The third-order valence-corrected chi connectivity index (χ3v) is 7.82. The van der Waals surface area contributed by atoms with Gasteiger partial charge in [0, 0.05) is 18.0 Å². The molecule has 0 unspecified atom stereocenters. The molecule has 1 fully saturated rings. The van der Waals surface area contributed by atoms with Crippen LogP contribution in [-0.4, -0.2) is 49.9 Å². The fourth-order valence-corrected chi connectivity index (χ4v) is 5.29. The Bertz CT molecular complexity index is 640. The number of amides is 1. The van der Waals surface area contributed by atoms with E-state index in [1.54, 1.807) is 25.9 Å². The third kappa shape index (κ3) is 3.30. The highest BCUT2D eigenvalue weighted by atomic mass is 32.2. The second kappa shape index (κ2) is 6.58. The fraction of sp³-hybridized carbons (Fsp3) is 0.667. The van der Waals surface area contributed by atoms with Crippen molar-refractivity contribution in [2.75, 3.05) is 20.2 Å². The maximum Gasteiger partial charge on any atom is 0.267 e. The average molecular weight is 345 g/mol. The van der Waals surface area contributed by atoms with Crippen molar-refractivity contribution in [3.63, 3.8) is 0 Å². The Morgan fingerprint density at radius 1 is 1.36 bits per heavy atom. The van der Waals surface area contributed by atoms with Gasteiger partial charge in [-0.2, -0.15) is 0 Å². The van der Waals surface area contributed by atoms with Crippen LogP contribution in [0.1, 0.15) is 41.2 Å². The van der Waals surface area contributed by atoms with Gasteiger partial charge < -0.3 is 9.64 Å².